The number of nitrogens with one attached hydrogen (secondary N) is 1. The third-order valence-electron chi connectivity index (χ3n) is 4.38. The monoisotopic (exact) mass is 470 g/mol. The van der Waals surface area contributed by atoms with Crippen LogP contribution in [0.15, 0.2) is 42.5 Å². The zero-order valence-corrected chi connectivity index (χ0v) is 18.9. The van der Waals surface area contributed by atoms with E-state index < -0.39 is 10.0 Å². The SMILES string of the molecule is CCS(=O)(=O)N(CC(=O)NCCSCc1ccc(Cl)cc1)c1ccc2c(c1)OCO2. The molecule has 1 amide bonds. The van der Waals surface area contributed by atoms with Gasteiger partial charge in [-0.05, 0) is 36.8 Å². The number of fused-ring (bicyclic) bond motifs is 1. The quantitative estimate of drug-likeness (QED) is 0.536. The Morgan fingerprint density at radius 3 is 2.63 bits per heavy atom. The summed E-state index contributed by atoms with van der Waals surface area (Å²) in [5, 5.41) is 3.48. The highest BCUT2D eigenvalue weighted by atomic mass is 35.5. The van der Waals surface area contributed by atoms with Crippen molar-refractivity contribution in [3.8, 4) is 11.5 Å². The minimum absolute atomic E-state index is 0.0908. The Bertz CT molecular complexity index is 983. The first kappa shape index (κ1) is 22.6. The van der Waals surface area contributed by atoms with E-state index in [1.807, 2.05) is 24.3 Å². The van der Waals surface area contributed by atoms with Crippen molar-refractivity contribution in [3.63, 3.8) is 0 Å². The molecule has 0 spiro atoms. The average molecular weight is 471 g/mol. The second-order valence-electron chi connectivity index (χ2n) is 6.47. The van der Waals surface area contributed by atoms with E-state index in [2.05, 4.69) is 5.32 Å². The average Bonchev–Trinajstić information content (AvgIpc) is 3.21. The van der Waals surface area contributed by atoms with Crippen LogP contribution in [-0.2, 0) is 20.6 Å². The van der Waals surface area contributed by atoms with Crippen LogP contribution < -0.4 is 19.1 Å². The lowest BCUT2D eigenvalue weighted by Crippen LogP contribution is -2.42. The van der Waals surface area contributed by atoms with Crippen LogP contribution in [0.1, 0.15) is 12.5 Å². The van der Waals surface area contributed by atoms with Crippen LogP contribution >= 0.6 is 23.4 Å². The van der Waals surface area contributed by atoms with Gasteiger partial charge < -0.3 is 14.8 Å². The van der Waals surface area contributed by atoms with E-state index in [0.29, 0.717) is 34.5 Å². The number of hydrogen-bond donors (Lipinski definition) is 1. The van der Waals surface area contributed by atoms with Gasteiger partial charge in [0, 0.05) is 29.1 Å². The molecule has 162 valence electrons. The van der Waals surface area contributed by atoms with Gasteiger partial charge in [-0.3, -0.25) is 9.10 Å². The molecule has 1 aliphatic rings. The summed E-state index contributed by atoms with van der Waals surface area (Å²) in [6.45, 7) is 1.78. The van der Waals surface area contributed by atoms with Gasteiger partial charge in [-0.15, -0.1) is 0 Å². The Kier molecular flexibility index (Phi) is 7.74. The van der Waals surface area contributed by atoms with E-state index in [4.69, 9.17) is 21.1 Å². The molecule has 0 atom stereocenters. The largest absolute Gasteiger partial charge is 0.454 e. The van der Waals surface area contributed by atoms with Gasteiger partial charge in [-0.1, -0.05) is 23.7 Å². The van der Waals surface area contributed by atoms with Crippen LogP contribution in [0.3, 0.4) is 0 Å². The number of sulfonamides is 1. The summed E-state index contributed by atoms with van der Waals surface area (Å²) in [4.78, 5) is 12.4. The van der Waals surface area contributed by atoms with Gasteiger partial charge in [-0.25, -0.2) is 8.42 Å². The fourth-order valence-electron chi connectivity index (χ4n) is 2.77. The van der Waals surface area contributed by atoms with Crippen molar-refractivity contribution in [1.29, 1.82) is 0 Å². The third-order valence-corrected chi connectivity index (χ3v) is 7.41. The molecule has 0 saturated heterocycles. The van der Waals surface area contributed by atoms with Crippen molar-refractivity contribution in [2.45, 2.75) is 12.7 Å². The van der Waals surface area contributed by atoms with E-state index in [9.17, 15) is 13.2 Å². The molecule has 0 unspecified atom stereocenters. The van der Waals surface area contributed by atoms with Crippen LogP contribution in [-0.4, -0.2) is 45.7 Å². The number of hydrogen-bond acceptors (Lipinski definition) is 6. The van der Waals surface area contributed by atoms with Crippen molar-refractivity contribution in [3.05, 3.63) is 53.1 Å². The highest BCUT2D eigenvalue weighted by Crippen LogP contribution is 2.36. The minimum Gasteiger partial charge on any atom is -0.454 e. The number of benzene rings is 2. The molecule has 1 N–H and O–H groups in total. The summed E-state index contributed by atoms with van der Waals surface area (Å²) >= 11 is 7.54. The number of anilines is 1. The van der Waals surface area contributed by atoms with E-state index in [1.54, 1.807) is 36.9 Å². The summed E-state index contributed by atoms with van der Waals surface area (Å²) in [5.41, 5.74) is 1.52. The van der Waals surface area contributed by atoms with Crippen LogP contribution in [0, 0.1) is 0 Å². The zero-order valence-electron chi connectivity index (χ0n) is 16.5. The standard InChI is InChI=1S/C20H23ClN2O5S2/c1-2-30(25,26)23(17-7-8-18-19(11-17)28-14-27-18)12-20(24)22-9-10-29-13-15-3-5-16(21)6-4-15/h3-8,11H,2,9-10,12-14H2,1H3,(H,22,24). The van der Waals surface area contributed by atoms with Gasteiger partial charge in [0.15, 0.2) is 11.5 Å². The van der Waals surface area contributed by atoms with Crippen molar-refractivity contribution >= 4 is 45.0 Å². The molecule has 1 aliphatic heterocycles. The molecular formula is C20H23ClN2O5S2. The summed E-state index contributed by atoms with van der Waals surface area (Å²) in [5.74, 6) is 2.04. The molecule has 2 aromatic rings. The molecule has 0 radical (unpaired) electrons. The first-order chi connectivity index (χ1) is 14.4. The molecule has 10 heteroatoms. The second kappa shape index (κ2) is 10.3. The highest BCUT2D eigenvalue weighted by Gasteiger charge is 2.25. The molecular weight excluding hydrogens is 448 g/mol. The Morgan fingerprint density at radius 2 is 1.90 bits per heavy atom. The maximum absolute atomic E-state index is 12.6. The molecule has 0 fully saturated rings. The molecule has 2 aromatic carbocycles. The number of rotatable bonds is 10. The fraction of sp³-hybridized carbons (Fsp3) is 0.350. The summed E-state index contributed by atoms with van der Waals surface area (Å²) in [6, 6.07) is 12.4. The molecule has 0 aromatic heterocycles. The van der Waals surface area contributed by atoms with Crippen molar-refractivity contribution in [2.24, 2.45) is 0 Å². The normalized spacial score (nSPS) is 12.6. The topological polar surface area (TPSA) is 84.9 Å². The lowest BCUT2D eigenvalue weighted by atomic mass is 10.2. The van der Waals surface area contributed by atoms with Crippen molar-refractivity contribution < 1.29 is 22.7 Å². The van der Waals surface area contributed by atoms with Crippen LogP contribution in [0.4, 0.5) is 5.69 Å². The van der Waals surface area contributed by atoms with Crippen LogP contribution in [0.2, 0.25) is 5.02 Å². The molecule has 1 heterocycles. The first-order valence-electron chi connectivity index (χ1n) is 9.38. The van der Waals surface area contributed by atoms with Gasteiger partial charge >= 0.3 is 0 Å². The predicted octanol–water partition coefficient (Wildman–Crippen LogP) is 3.27. The van der Waals surface area contributed by atoms with Gasteiger partial charge in [0.25, 0.3) is 0 Å². The van der Waals surface area contributed by atoms with Crippen LogP contribution in [0.5, 0.6) is 11.5 Å². The van der Waals surface area contributed by atoms with Gasteiger partial charge in [0.1, 0.15) is 6.54 Å². The summed E-state index contributed by atoms with van der Waals surface area (Å²) in [7, 11) is -3.64. The molecule has 30 heavy (non-hydrogen) atoms. The summed E-state index contributed by atoms with van der Waals surface area (Å²) in [6.07, 6.45) is 0. The molecule has 0 aliphatic carbocycles. The second-order valence-corrected chi connectivity index (χ2v) is 10.2. The van der Waals surface area contributed by atoms with Crippen LogP contribution in [0.25, 0.3) is 0 Å². The molecule has 3 rings (SSSR count). The maximum Gasteiger partial charge on any atom is 0.240 e. The summed E-state index contributed by atoms with van der Waals surface area (Å²) < 4.78 is 36.8. The molecule has 7 nitrogen and oxygen atoms in total. The molecule has 0 saturated carbocycles. The number of thioether (sulfide) groups is 1. The van der Waals surface area contributed by atoms with E-state index >= 15 is 0 Å². The van der Waals surface area contributed by atoms with Crippen molar-refractivity contribution in [2.75, 3.05) is 35.7 Å². The maximum atomic E-state index is 12.6. The lowest BCUT2D eigenvalue weighted by molar-refractivity contribution is -0.119. The zero-order chi connectivity index (χ0) is 21.6. The van der Waals surface area contributed by atoms with Crippen molar-refractivity contribution in [1.82, 2.24) is 5.32 Å². The first-order valence-corrected chi connectivity index (χ1v) is 12.5. The number of carbonyl (C=O) groups is 1. The lowest BCUT2D eigenvalue weighted by Gasteiger charge is -2.23. The number of amides is 1. The number of ether oxygens (including phenoxy) is 2. The smallest absolute Gasteiger partial charge is 0.240 e. The Balaban J connectivity index is 1.53. The molecule has 0 bridgehead atoms. The number of halogens is 1. The number of nitrogens with zero attached hydrogens (tertiary/aromatic N) is 1. The van der Waals surface area contributed by atoms with E-state index in [1.165, 1.54) is 0 Å². The van der Waals surface area contributed by atoms with E-state index in [-0.39, 0.29) is 25.0 Å². The number of carbonyl (C=O) groups excluding carboxylic acids is 1. The van der Waals surface area contributed by atoms with E-state index in [0.717, 1.165) is 15.6 Å². The Labute approximate surface area is 185 Å². The predicted molar refractivity (Wildman–Crippen MR) is 120 cm³/mol. The Morgan fingerprint density at radius 1 is 1.17 bits per heavy atom. The van der Waals surface area contributed by atoms with Gasteiger partial charge in [0.2, 0.25) is 22.7 Å². The highest BCUT2D eigenvalue weighted by molar-refractivity contribution is 7.98. The van der Waals surface area contributed by atoms with Gasteiger partial charge in [-0.2, -0.15) is 11.8 Å². The fourth-order valence-corrected chi connectivity index (χ4v) is 4.77. The third kappa shape index (κ3) is 5.96. The minimum atomic E-state index is -3.64. The van der Waals surface area contributed by atoms with Gasteiger partial charge in [0.05, 0.1) is 11.4 Å². The Hall–Kier alpha value is -2.10.